The highest BCUT2D eigenvalue weighted by atomic mass is 35.5. The van der Waals surface area contributed by atoms with Crippen molar-refractivity contribution in [3.8, 4) is 11.4 Å². The van der Waals surface area contributed by atoms with Gasteiger partial charge in [-0.05, 0) is 42.8 Å². The highest BCUT2D eigenvalue weighted by Gasteiger charge is 2.12. The summed E-state index contributed by atoms with van der Waals surface area (Å²) in [6.07, 6.45) is 3.07. The summed E-state index contributed by atoms with van der Waals surface area (Å²) in [5.74, 6) is -0.513. The SMILES string of the molecule is C[C@@H](NC(=O)COc1ccc(F)cc1Cl)c1ccc(-n2cncn2)cc1. The van der Waals surface area contributed by atoms with E-state index in [0.717, 1.165) is 17.3 Å². The molecule has 1 heterocycles. The number of carbonyl (C=O) groups is 1. The van der Waals surface area contributed by atoms with E-state index in [9.17, 15) is 9.18 Å². The number of nitrogens with zero attached hydrogens (tertiary/aromatic N) is 3. The lowest BCUT2D eigenvalue weighted by molar-refractivity contribution is -0.123. The van der Waals surface area contributed by atoms with Crippen LogP contribution in [0.4, 0.5) is 4.39 Å². The summed E-state index contributed by atoms with van der Waals surface area (Å²) in [5, 5.41) is 7.02. The maximum Gasteiger partial charge on any atom is 0.258 e. The number of aromatic nitrogens is 3. The zero-order chi connectivity index (χ0) is 18.5. The van der Waals surface area contributed by atoms with E-state index in [1.807, 2.05) is 31.2 Å². The van der Waals surface area contributed by atoms with E-state index >= 15 is 0 Å². The van der Waals surface area contributed by atoms with Gasteiger partial charge >= 0.3 is 0 Å². The number of nitrogens with one attached hydrogen (secondary N) is 1. The van der Waals surface area contributed by atoms with E-state index in [4.69, 9.17) is 16.3 Å². The second kappa shape index (κ2) is 7.97. The molecule has 1 atom stereocenters. The first-order chi connectivity index (χ1) is 12.5. The van der Waals surface area contributed by atoms with Gasteiger partial charge in [0.05, 0.1) is 16.8 Å². The molecule has 0 aliphatic rings. The topological polar surface area (TPSA) is 69.0 Å². The summed E-state index contributed by atoms with van der Waals surface area (Å²) in [6.45, 7) is 1.65. The normalized spacial score (nSPS) is 11.8. The average molecular weight is 375 g/mol. The molecule has 134 valence electrons. The predicted molar refractivity (Wildman–Crippen MR) is 94.8 cm³/mol. The summed E-state index contributed by atoms with van der Waals surface area (Å²) in [4.78, 5) is 16.0. The van der Waals surface area contributed by atoms with Crippen LogP contribution >= 0.6 is 11.6 Å². The predicted octanol–water partition coefficient (Wildman–Crippen LogP) is 3.32. The maximum absolute atomic E-state index is 13.0. The minimum Gasteiger partial charge on any atom is -0.482 e. The van der Waals surface area contributed by atoms with Crippen LogP contribution in [0.2, 0.25) is 5.02 Å². The van der Waals surface area contributed by atoms with Crippen molar-refractivity contribution in [3.63, 3.8) is 0 Å². The summed E-state index contributed by atoms with van der Waals surface area (Å²) < 4.78 is 20.0. The second-order valence-corrected chi connectivity index (χ2v) is 5.99. The van der Waals surface area contributed by atoms with E-state index in [0.29, 0.717) is 0 Å². The largest absolute Gasteiger partial charge is 0.482 e. The molecule has 0 saturated heterocycles. The highest BCUT2D eigenvalue weighted by molar-refractivity contribution is 6.32. The van der Waals surface area contributed by atoms with Gasteiger partial charge in [0.15, 0.2) is 6.61 Å². The minimum absolute atomic E-state index is 0.120. The Bertz CT molecular complexity index is 885. The van der Waals surface area contributed by atoms with Crippen molar-refractivity contribution >= 4 is 17.5 Å². The molecule has 0 fully saturated rings. The Hall–Kier alpha value is -2.93. The standard InChI is InChI=1S/C18H16ClFN4O2/c1-12(13-2-5-15(6-3-13)24-11-21-10-22-24)23-18(25)9-26-17-7-4-14(20)8-16(17)19/h2-8,10-12H,9H2,1H3,(H,23,25)/t12-/m1/s1. The molecule has 0 aliphatic carbocycles. The molecule has 3 rings (SSSR count). The molecule has 1 aromatic heterocycles. The van der Waals surface area contributed by atoms with Gasteiger partial charge in [0.2, 0.25) is 0 Å². The van der Waals surface area contributed by atoms with Gasteiger partial charge in [0.25, 0.3) is 5.91 Å². The van der Waals surface area contributed by atoms with Crippen LogP contribution in [0.25, 0.3) is 5.69 Å². The summed E-state index contributed by atoms with van der Waals surface area (Å²) >= 11 is 5.86. The van der Waals surface area contributed by atoms with Gasteiger partial charge in [-0.2, -0.15) is 5.10 Å². The molecule has 0 aliphatic heterocycles. The van der Waals surface area contributed by atoms with E-state index in [1.165, 1.54) is 18.5 Å². The first-order valence-electron chi connectivity index (χ1n) is 7.85. The van der Waals surface area contributed by atoms with Gasteiger partial charge in [0, 0.05) is 0 Å². The fraction of sp³-hybridized carbons (Fsp3) is 0.167. The molecule has 26 heavy (non-hydrogen) atoms. The maximum atomic E-state index is 13.0. The van der Waals surface area contributed by atoms with Crippen LogP contribution in [0, 0.1) is 5.82 Å². The van der Waals surface area contributed by atoms with Crippen molar-refractivity contribution in [2.24, 2.45) is 0 Å². The Morgan fingerprint density at radius 2 is 2.08 bits per heavy atom. The average Bonchev–Trinajstić information content (AvgIpc) is 3.16. The molecule has 0 saturated carbocycles. The highest BCUT2D eigenvalue weighted by Crippen LogP contribution is 2.24. The number of halogens is 2. The molecule has 0 radical (unpaired) electrons. The lowest BCUT2D eigenvalue weighted by Crippen LogP contribution is -2.31. The van der Waals surface area contributed by atoms with Crippen molar-refractivity contribution in [1.29, 1.82) is 0 Å². The van der Waals surface area contributed by atoms with Crippen LogP contribution in [0.15, 0.2) is 55.1 Å². The van der Waals surface area contributed by atoms with Gasteiger partial charge in [-0.15, -0.1) is 0 Å². The Balaban J connectivity index is 1.55. The van der Waals surface area contributed by atoms with Crippen LogP contribution < -0.4 is 10.1 Å². The number of carbonyl (C=O) groups excluding carboxylic acids is 1. The molecule has 0 bridgehead atoms. The molecule has 2 aromatic carbocycles. The van der Waals surface area contributed by atoms with Crippen LogP contribution in [0.1, 0.15) is 18.5 Å². The van der Waals surface area contributed by atoms with Crippen molar-refractivity contribution in [3.05, 3.63) is 71.5 Å². The molecular weight excluding hydrogens is 359 g/mol. The fourth-order valence-corrected chi connectivity index (χ4v) is 2.58. The third kappa shape index (κ3) is 4.37. The zero-order valence-corrected chi connectivity index (χ0v) is 14.7. The van der Waals surface area contributed by atoms with Crippen molar-refractivity contribution in [2.75, 3.05) is 6.61 Å². The summed E-state index contributed by atoms with van der Waals surface area (Å²) in [7, 11) is 0. The molecule has 0 spiro atoms. The van der Waals surface area contributed by atoms with E-state index in [-0.39, 0.29) is 29.3 Å². The monoisotopic (exact) mass is 374 g/mol. The van der Waals surface area contributed by atoms with Gasteiger partial charge < -0.3 is 10.1 Å². The van der Waals surface area contributed by atoms with Gasteiger partial charge in [-0.3, -0.25) is 4.79 Å². The molecule has 1 N–H and O–H groups in total. The lowest BCUT2D eigenvalue weighted by atomic mass is 10.1. The zero-order valence-electron chi connectivity index (χ0n) is 13.9. The van der Waals surface area contributed by atoms with E-state index < -0.39 is 5.82 Å². The van der Waals surface area contributed by atoms with Gasteiger partial charge in [-0.25, -0.2) is 14.1 Å². The number of amides is 1. The fourth-order valence-electron chi connectivity index (χ4n) is 2.36. The Morgan fingerprint density at radius 3 is 2.73 bits per heavy atom. The third-order valence-corrected chi connectivity index (χ3v) is 4.00. The second-order valence-electron chi connectivity index (χ2n) is 5.58. The van der Waals surface area contributed by atoms with Crippen molar-refractivity contribution in [1.82, 2.24) is 20.1 Å². The Morgan fingerprint density at radius 1 is 1.31 bits per heavy atom. The molecule has 8 heteroatoms. The van der Waals surface area contributed by atoms with Crippen LogP contribution in [0.3, 0.4) is 0 Å². The van der Waals surface area contributed by atoms with Crippen molar-refractivity contribution in [2.45, 2.75) is 13.0 Å². The smallest absolute Gasteiger partial charge is 0.258 e. The van der Waals surface area contributed by atoms with Gasteiger partial charge in [0.1, 0.15) is 24.2 Å². The first kappa shape index (κ1) is 17.9. The van der Waals surface area contributed by atoms with E-state index in [1.54, 1.807) is 11.0 Å². The van der Waals surface area contributed by atoms with Crippen LogP contribution in [-0.2, 0) is 4.79 Å². The van der Waals surface area contributed by atoms with E-state index in [2.05, 4.69) is 15.4 Å². The number of rotatable bonds is 6. The number of benzene rings is 2. The van der Waals surface area contributed by atoms with Crippen molar-refractivity contribution < 1.29 is 13.9 Å². The molecule has 3 aromatic rings. The first-order valence-corrected chi connectivity index (χ1v) is 8.23. The van der Waals surface area contributed by atoms with Crippen LogP contribution in [-0.4, -0.2) is 27.3 Å². The Kier molecular flexibility index (Phi) is 5.48. The molecule has 0 unspecified atom stereocenters. The summed E-state index contributed by atoms with van der Waals surface area (Å²) in [6, 6.07) is 11.1. The summed E-state index contributed by atoms with van der Waals surface area (Å²) in [5.41, 5.74) is 1.81. The minimum atomic E-state index is -0.463. The lowest BCUT2D eigenvalue weighted by Gasteiger charge is -2.15. The molecule has 1 amide bonds. The van der Waals surface area contributed by atoms with Crippen LogP contribution in [0.5, 0.6) is 5.75 Å². The number of ether oxygens (including phenoxy) is 1. The number of hydrogen-bond acceptors (Lipinski definition) is 4. The Labute approximate surface area is 154 Å². The number of hydrogen-bond donors (Lipinski definition) is 1. The molecule has 6 nitrogen and oxygen atoms in total. The quantitative estimate of drug-likeness (QED) is 0.718. The molecular formula is C18H16ClFN4O2. The third-order valence-electron chi connectivity index (χ3n) is 3.71. The van der Waals surface area contributed by atoms with Gasteiger partial charge in [-0.1, -0.05) is 23.7 Å².